The molecule has 0 aromatic rings. The largest absolute Gasteiger partial charge is 0.549 e. The Bertz CT molecular complexity index is 305. The molecule has 0 aromatic carbocycles. The molecule has 0 rings (SSSR count). The number of carboxylic acids is 1. The molecule has 7 heteroatoms. The van der Waals surface area contributed by atoms with E-state index in [0.717, 1.165) is 19.3 Å². The molecule has 0 spiro atoms. The standard InChI is InChI=1S/C13H28NO5P/c1-2-3-4-5-6-7-8-9-10-14(11-13(15)16)12-20(17,18)19/h2-12H2,1H3,(H,15,16)(H2,17,18,19)/p-1. The lowest BCUT2D eigenvalue weighted by Crippen LogP contribution is -2.39. The van der Waals surface area contributed by atoms with Crippen LogP contribution < -0.4 is 5.11 Å². The van der Waals surface area contributed by atoms with E-state index in [-0.39, 0.29) is 0 Å². The summed E-state index contributed by atoms with van der Waals surface area (Å²) in [5, 5.41) is 10.5. The van der Waals surface area contributed by atoms with Gasteiger partial charge in [0.05, 0.1) is 5.97 Å². The highest BCUT2D eigenvalue weighted by molar-refractivity contribution is 7.51. The number of carboxylic acid groups (broad SMARTS) is 1. The maximum atomic E-state index is 10.9. The van der Waals surface area contributed by atoms with Crippen molar-refractivity contribution >= 4 is 13.6 Å². The van der Waals surface area contributed by atoms with E-state index in [0.29, 0.717) is 6.54 Å². The molecule has 6 nitrogen and oxygen atoms in total. The number of hydrogen-bond donors (Lipinski definition) is 2. The molecule has 0 fully saturated rings. The average Bonchev–Trinajstić information content (AvgIpc) is 2.29. The van der Waals surface area contributed by atoms with Gasteiger partial charge in [-0.1, -0.05) is 51.9 Å². The molecule has 0 atom stereocenters. The fraction of sp³-hybridized carbons (Fsp3) is 0.923. The Hall–Kier alpha value is -0.420. The lowest BCUT2D eigenvalue weighted by molar-refractivity contribution is -0.306. The van der Waals surface area contributed by atoms with E-state index in [2.05, 4.69) is 6.92 Å². The summed E-state index contributed by atoms with van der Waals surface area (Å²) in [6, 6.07) is 0. The fourth-order valence-corrected chi connectivity index (χ4v) is 2.87. The van der Waals surface area contributed by atoms with Crippen LogP contribution in [-0.2, 0) is 9.36 Å². The minimum absolute atomic E-state index is 0.383. The summed E-state index contributed by atoms with van der Waals surface area (Å²) >= 11 is 0. The highest BCUT2D eigenvalue weighted by Crippen LogP contribution is 2.34. The van der Waals surface area contributed by atoms with Crippen LogP contribution in [0.1, 0.15) is 58.3 Å². The second-order valence-corrected chi connectivity index (χ2v) is 6.82. The number of carbonyl (C=O) groups excluding carboxylic acids is 1. The van der Waals surface area contributed by atoms with Crippen molar-refractivity contribution in [3.05, 3.63) is 0 Å². The van der Waals surface area contributed by atoms with E-state index in [1.165, 1.54) is 37.0 Å². The second kappa shape index (κ2) is 11.3. The first kappa shape index (κ1) is 19.6. The predicted molar refractivity (Wildman–Crippen MR) is 76.1 cm³/mol. The zero-order valence-corrected chi connectivity index (χ0v) is 13.2. The van der Waals surface area contributed by atoms with Crippen LogP contribution in [-0.4, -0.2) is 40.0 Å². The Morgan fingerprint density at radius 3 is 2.00 bits per heavy atom. The third-order valence-corrected chi connectivity index (χ3v) is 3.83. The van der Waals surface area contributed by atoms with Crippen LogP contribution in [0.3, 0.4) is 0 Å². The Morgan fingerprint density at radius 1 is 1.05 bits per heavy atom. The molecule has 0 saturated carbocycles. The van der Waals surface area contributed by atoms with Gasteiger partial charge in [0.15, 0.2) is 0 Å². The Balaban J connectivity index is 3.74. The summed E-state index contributed by atoms with van der Waals surface area (Å²) in [4.78, 5) is 29.5. The Labute approximate surface area is 121 Å². The van der Waals surface area contributed by atoms with Gasteiger partial charge in [-0.3, -0.25) is 9.46 Å². The molecule has 0 unspecified atom stereocenters. The molecule has 0 aliphatic heterocycles. The zero-order chi connectivity index (χ0) is 15.4. The summed E-state index contributed by atoms with van der Waals surface area (Å²) < 4.78 is 10.9. The van der Waals surface area contributed by atoms with Crippen molar-refractivity contribution in [1.29, 1.82) is 0 Å². The number of nitrogens with zero attached hydrogens (tertiary/aromatic N) is 1. The topological polar surface area (TPSA) is 101 Å². The molecule has 0 saturated heterocycles. The van der Waals surface area contributed by atoms with Crippen molar-refractivity contribution < 1.29 is 24.3 Å². The quantitative estimate of drug-likeness (QED) is 0.393. The molecule has 0 amide bonds. The van der Waals surface area contributed by atoms with Crippen molar-refractivity contribution in [1.82, 2.24) is 4.90 Å². The van der Waals surface area contributed by atoms with Crippen molar-refractivity contribution in [3.8, 4) is 0 Å². The predicted octanol–water partition coefficient (Wildman–Crippen LogP) is 1.31. The third kappa shape index (κ3) is 14.0. The Morgan fingerprint density at radius 2 is 1.55 bits per heavy atom. The maximum absolute atomic E-state index is 10.9. The van der Waals surface area contributed by atoms with Crippen LogP contribution in [0.15, 0.2) is 0 Å². The number of carbonyl (C=O) groups is 1. The van der Waals surface area contributed by atoms with Gasteiger partial charge in [0.2, 0.25) is 0 Å². The van der Waals surface area contributed by atoms with Crippen LogP contribution in [0.25, 0.3) is 0 Å². The molecule has 0 aliphatic rings. The third-order valence-electron chi connectivity index (χ3n) is 3.06. The average molecular weight is 308 g/mol. The highest BCUT2D eigenvalue weighted by Gasteiger charge is 2.18. The van der Waals surface area contributed by atoms with Crippen LogP contribution in [0.2, 0.25) is 0 Å². The normalized spacial score (nSPS) is 12.0. The van der Waals surface area contributed by atoms with Crippen molar-refractivity contribution in [3.63, 3.8) is 0 Å². The molecule has 120 valence electrons. The molecule has 20 heavy (non-hydrogen) atoms. The van der Waals surface area contributed by atoms with Gasteiger partial charge in [0.1, 0.15) is 6.29 Å². The molecule has 0 heterocycles. The van der Waals surface area contributed by atoms with E-state index < -0.39 is 26.4 Å². The monoisotopic (exact) mass is 308 g/mol. The van der Waals surface area contributed by atoms with Gasteiger partial charge >= 0.3 is 7.60 Å². The number of aliphatic carboxylic acids is 1. The van der Waals surface area contributed by atoms with Gasteiger partial charge in [-0.15, -0.1) is 0 Å². The molecule has 0 bridgehead atoms. The van der Waals surface area contributed by atoms with Gasteiger partial charge in [-0.25, -0.2) is 0 Å². The van der Waals surface area contributed by atoms with Gasteiger partial charge in [0.25, 0.3) is 0 Å². The summed E-state index contributed by atoms with van der Waals surface area (Å²) in [5.74, 6) is -1.31. The van der Waals surface area contributed by atoms with Gasteiger partial charge < -0.3 is 19.7 Å². The smallest absolute Gasteiger partial charge is 0.339 e. The SMILES string of the molecule is CCCCCCCCCCN(CC(=O)[O-])CP(=O)(O)O. The van der Waals surface area contributed by atoms with Crippen molar-refractivity contribution in [2.24, 2.45) is 0 Å². The number of unbranched alkanes of at least 4 members (excludes halogenated alkanes) is 7. The fourth-order valence-electron chi connectivity index (χ4n) is 2.11. The second-order valence-electron chi connectivity index (χ2n) is 5.21. The molecule has 2 N–H and O–H groups in total. The van der Waals surface area contributed by atoms with Crippen LogP contribution in [0.5, 0.6) is 0 Å². The first-order valence-electron chi connectivity index (χ1n) is 7.32. The maximum Gasteiger partial charge on any atom is 0.339 e. The van der Waals surface area contributed by atoms with Crippen LogP contribution in [0.4, 0.5) is 0 Å². The number of hydrogen-bond acceptors (Lipinski definition) is 4. The van der Waals surface area contributed by atoms with Crippen molar-refractivity contribution in [2.75, 3.05) is 19.4 Å². The van der Waals surface area contributed by atoms with E-state index in [1.807, 2.05) is 0 Å². The van der Waals surface area contributed by atoms with E-state index >= 15 is 0 Å². The van der Waals surface area contributed by atoms with Crippen LogP contribution in [0, 0.1) is 0 Å². The summed E-state index contributed by atoms with van der Waals surface area (Å²) in [7, 11) is -4.22. The molecule has 0 radical (unpaired) electrons. The van der Waals surface area contributed by atoms with E-state index in [1.54, 1.807) is 0 Å². The number of rotatable bonds is 13. The lowest BCUT2D eigenvalue weighted by Gasteiger charge is -2.22. The van der Waals surface area contributed by atoms with Crippen molar-refractivity contribution in [2.45, 2.75) is 58.3 Å². The van der Waals surface area contributed by atoms with E-state index in [9.17, 15) is 14.5 Å². The molecular formula is C13H27NO5P-. The minimum Gasteiger partial charge on any atom is -0.549 e. The summed E-state index contributed by atoms with van der Waals surface area (Å²) in [6.45, 7) is 2.13. The first-order valence-corrected chi connectivity index (χ1v) is 9.11. The molecule has 0 aliphatic carbocycles. The molecule has 0 aromatic heterocycles. The highest BCUT2D eigenvalue weighted by atomic mass is 31.2. The molecular weight excluding hydrogens is 281 g/mol. The first-order chi connectivity index (χ1) is 9.35. The van der Waals surface area contributed by atoms with Gasteiger partial charge in [-0.05, 0) is 13.0 Å². The minimum atomic E-state index is -4.22. The van der Waals surface area contributed by atoms with Gasteiger partial charge in [0, 0.05) is 6.54 Å². The Kier molecular flexibility index (Phi) is 11.0. The summed E-state index contributed by atoms with van der Waals surface area (Å²) in [5.41, 5.74) is 0. The van der Waals surface area contributed by atoms with E-state index in [4.69, 9.17) is 9.79 Å². The lowest BCUT2D eigenvalue weighted by atomic mass is 10.1. The zero-order valence-electron chi connectivity index (χ0n) is 12.3. The van der Waals surface area contributed by atoms with Crippen LogP contribution >= 0.6 is 7.60 Å². The van der Waals surface area contributed by atoms with Gasteiger partial charge in [-0.2, -0.15) is 0 Å². The summed E-state index contributed by atoms with van der Waals surface area (Å²) in [6.07, 6.45) is 8.40.